The number of hydrogen-bond donors (Lipinski definition) is 2. The van der Waals surface area contributed by atoms with Crippen molar-refractivity contribution >= 4 is 5.69 Å². The fourth-order valence-electron chi connectivity index (χ4n) is 1.74. The summed E-state index contributed by atoms with van der Waals surface area (Å²) >= 11 is 0. The van der Waals surface area contributed by atoms with E-state index in [0.717, 1.165) is 13.0 Å². The number of aliphatic hydroxyl groups is 1. The highest BCUT2D eigenvalue weighted by molar-refractivity contribution is 5.54. The summed E-state index contributed by atoms with van der Waals surface area (Å²) in [4.78, 5) is 0. The Bertz CT molecular complexity index is 272. The summed E-state index contributed by atoms with van der Waals surface area (Å²) in [6, 6.07) is 8.19. The smallest absolute Gasteiger partial charge is 0.0501 e. The van der Waals surface area contributed by atoms with Gasteiger partial charge in [0.15, 0.2) is 0 Å². The Labute approximate surface area is 72.2 Å². The summed E-state index contributed by atoms with van der Waals surface area (Å²) in [6.07, 6.45) is 1.04. The van der Waals surface area contributed by atoms with E-state index < -0.39 is 0 Å². The van der Waals surface area contributed by atoms with Crippen LogP contribution in [-0.2, 0) is 0 Å². The summed E-state index contributed by atoms with van der Waals surface area (Å²) in [5.41, 5.74) is 2.44. The number of fused-ring (bicyclic) bond motifs is 1. The fourth-order valence-corrected chi connectivity index (χ4v) is 1.74. The van der Waals surface area contributed by atoms with Gasteiger partial charge in [-0.15, -0.1) is 0 Å². The van der Waals surface area contributed by atoms with E-state index in [1.165, 1.54) is 11.3 Å². The average molecular weight is 163 g/mol. The van der Waals surface area contributed by atoms with E-state index in [4.69, 9.17) is 5.11 Å². The van der Waals surface area contributed by atoms with Crippen molar-refractivity contribution in [3.8, 4) is 0 Å². The number of anilines is 1. The lowest BCUT2D eigenvalue weighted by molar-refractivity contribution is 0.259. The predicted molar refractivity (Wildman–Crippen MR) is 49.4 cm³/mol. The van der Waals surface area contributed by atoms with Gasteiger partial charge in [0.25, 0.3) is 0 Å². The lowest BCUT2D eigenvalue weighted by atomic mass is 9.92. The van der Waals surface area contributed by atoms with Crippen molar-refractivity contribution < 1.29 is 5.11 Å². The van der Waals surface area contributed by atoms with E-state index in [1.807, 2.05) is 12.1 Å². The molecule has 2 N–H and O–H groups in total. The second-order valence-corrected chi connectivity index (χ2v) is 3.18. The Hall–Kier alpha value is -1.02. The second kappa shape index (κ2) is 3.15. The third-order valence-corrected chi connectivity index (χ3v) is 2.43. The number of aliphatic hydroxyl groups excluding tert-OH is 1. The molecule has 1 aliphatic heterocycles. The molecule has 2 rings (SSSR count). The molecule has 0 spiro atoms. The molecule has 0 amide bonds. The van der Waals surface area contributed by atoms with Gasteiger partial charge in [0.1, 0.15) is 0 Å². The number of para-hydroxylation sites is 1. The van der Waals surface area contributed by atoms with Gasteiger partial charge in [-0.3, -0.25) is 0 Å². The maximum absolute atomic E-state index is 9.11. The minimum Gasteiger partial charge on any atom is -0.396 e. The van der Waals surface area contributed by atoms with Gasteiger partial charge in [-0.25, -0.2) is 0 Å². The van der Waals surface area contributed by atoms with Crippen LogP contribution in [0.5, 0.6) is 0 Å². The normalized spacial score (nSPS) is 21.2. The minimum absolute atomic E-state index is 0.263. The molecule has 0 aromatic heterocycles. The second-order valence-electron chi connectivity index (χ2n) is 3.18. The fraction of sp³-hybridized carbons (Fsp3) is 0.400. The van der Waals surface area contributed by atoms with Crippen molar-refractivity contribution in [3.63, 3.8) is 0 Å². The molecule has 1 heterocycles. The number of rotatable bonds is 1. The summed E-state index contributed by atoms with van der Waals surface area (Å²) in [5, 5.41) is 12.4. The Morgan fingerprint density at radius 3 is 3.08 bits per heavy atom. The Morgan fingerprint density at radius 1 is 1.42 bits per heavy atom. The van der Waals surface area contributed by atoms with E-state index >= 15 is 0 Å². The summed E-state index contributed by atoms with van der Waals surface area (Å²) in [6.45, 7) is 1.24. The van der Waals surface area contributed by atoms with Gasteiger partial charge in [-0.1, -0.05) is 18.2 Å². The van der Waals surface area contributed by atoms with E-state index in [0.29, 0.717) is 5.92 Å². The molecule has 0 fully saturated rings. The molecular weight excluding hydrogens is 150 g/mol. The van der Waals surface area contributed by atoms with E-state index in [1.54, 1.807) is 0 Å². The van der Waals surface area contributed by atoms with E-state index in [2.05, 4.69) is 17.4 Å². The molecule has 0 radical (unpaired) electrons. The molecule has 0 saturated carbocycles. The third kappa shape index (κ3) is 1.18. The minimum atomic E-state index is 0.263. The van der Waals surface area contributed by atoms with Crippen LogP contribution in [0.2, 0.25) is 0 Å². The summed E-state index contributed by atoms with van der Waals surface area (Å²) in [7, 11) is 0. The van der Waals surface area contributed by atoms with Gasteiger partial charge in [-0.05, 0) is 18.1 Å². The van der Waals surface area contributed by atoms with Crippen LogP contribution >= 0.6 is 0 Å². The SMILES string of the molecule is OC[C@@H]1CCNc2ccccc21. The Balaban J connectivity index is 2.37. The third-order valence-electron chi connectivity index (χ3n) is 2.43. The topological polar surface area (TPSA) is 32.3 Å². The molecule has 2 nitrogen and oxygen atoms in total. The van der Waals surface area contributed by atoms with Crippen LogP contribution in [0, 0.1) is 0 Å². The molecule has 1 aromatic carbocycles. The van der Waals surface area contributed by atoms with Gasteiger partial charge in [0.2, 0.25) is 0 Å². The monoisotopic (exact) mass is 163 g/mol. The first-order valence-electron chi connectivity index (χ1n) is 4.35. The molecule has 2 heteroatoms. The van der Waals surface area contributed by atoms with Crippen LogP contribution in [0.15, 0.2) is 24.3 Å². The maximum atomic E-state index is 9.11. The van der Waals surface area contributed by atoms with Crippen LogP contribution < -0.4 is 5.32 Å². The average Bonchev–Trinajstić information content (AvgIpc) is 2.17. The van der Waals surface area contributed by atoms with E-state index in [9.17, 15) is 0 Å². The zero-order valence-electron chi connectivity index (χ0n) is 6.96. The molecule has 1 aliphatic rings. The quantitative estimate of drug-likeness (QED) is 0.658. The molecule has 0 unspecified atom stereocenters. The standard InChI is InChI=1S/C10H13NO/c12-7-8-5-6-11-10-4-2-1-3-9(8)10/h1-4,8,11-12H,5-7H2/t8-/m0/s1. The molecule has 64 valence electrons. The number of hydrogen-bond acceptors (Lipinski definition) is 2. The predicted octanol–water partition coefficient (Wildman–Crippen LogP) is 1.58. The molecule has 1 aromatic rings. The van der Waals surface area contributed by atoms with Gasteiger partial charge in [0.05, 0.1) is 6.61 Å². The number of benzene rings is 1. The van der Waals surface area contributed by atoms with Crippen molar-refractivity contribution in [3.05, 3.63) is 29.8 Å². The highest BCUT2D eigenvalue weighted by Crippen LogP contribution is 2.30. The van der Waals surface area contributed by atoms with Crippen molar-refractivity contribution in [2.24, 2.45) is 0 Å². The highest BCUT2D eigenvalue weighted by Gasteiger charge is 2.17. The van der Waals surface area contributed by atoms with Crippen LogP contribution in [0.3, 0.4) is 0 Å². The Morgan fingerprint density at radius 2 is 2.25 bits per heavy atom. The van der Waals surface area contributed by atoms with E-state index in [-0.39, 0.29) is 6.61 Å². The molecule has 0 aliphatic carbocycles. The zero-order valence-corrected chi connectivity index (χ0v) is 6.96. The molecule has 1 atom stereocenters. The number of nitrogens with one attached hydrogen (secondary N) is 1. The van der Waals surface area contributed by atoms with Crippen LogP contribution in [0.25, 0.3) is 0 Å². The molecule has 0 bridgehead atoms. The molecular formula is C10H13NO. The van der Waals surface area contributed by atoms with Crippen molar-refractivity contribution in [2.75, 3.05) is 18.5 Å². The van der Waals surface area contributed by atoms with Crippen molar-refractivity contribution in [1.29, 1.82) is 0 Å². The van der Waals surface area contributed by atoms with Gasteiger partial charge in [0, 0.05) is 18.2 Å². The first-order valence-corrected chi connectivity index (χ1v) is 4.35. The zero-order chi connectivity index (χ0) is 8.39. The lowest BCUT2D eigenvalue weighted by Crippen LogP contribution is -2.18. The van der Waals surface area contributed by atoms with Crippen LogP contribution in [0.1, 0.15) is 17.9 Å². The largest absolute Gasteiger partial charge is 0.396 e. The van der Waals surface area contributed by atoms with Gasteiger partial charge in [-0.2, -0.15) is 0 Å². The van der Waals surface area contributed by atoms with Crippen LogP contribution in [-0.4, -0.2) is 18.3 Å². The summed E-state index contributed by atoms with van der Waals surface area (Å²) in [5.74, 6) is 0.336. The van der Waals surface area contributed by atoms with Crippen LogP contribution in [0.4, 0.5) is 5.69 Å². The van der Waals surface area contributed by atoms with Crippen molar-refractivity contribution in [2.45, 2.75) is 12.3 Å². The molecule has 12 heavy (non-hydrogen) atoms. The van der Waals surface area contributed by atoms with Crippen molar-refractivity contribution in [1.82, 2.24) is 0 Å². The van der Waals surface area contributed by atoms with Gasteiger partial charge >= 0.3 is 0 Å². The maximum Gasteiger partial charge on any atom is 0.0501 e. The Kier molecular flexibility index (Phi) is 2.00. The first-order chi connectivity index (χ1) is 5.92. The summed E-state index contributed by atoms with van der Waals surface area (Å²) < 4.78 is 0. The highest BCUT2D eigenvalue weighted by atomic mass is 16.3. The first kappa shape index (κ1) is 7.62. The van der Waals surface area contributed by atoms with Gasteiger partial charge < -0.3 is 10.4 Å². The lowest BCUT2D eigenvalue weighted by Gasteiger charge is -2.24. The molecule has 0 saturated heterocycles.